The Balaban J connectivity index is 1.57. The van der Waals surface area contributed by atoms with Gasteiger partial charge in [-0.25, -0.2) is 8.78 Å². The van der Waals surface area contributed by atoms with Crippen LogP contribution in [0, 0.1) is 11.6 Å². The lowest BCUT2D eigenvalue weighted by Gasteiger charge is -2.33. The van der Waals surface area contributed by atoms with E-state index in [1.54, 1.807) is 30.3 Å². The normalized spacial score (nSPS) is 18.2. The van der Waals surface area contributed by atoms with Gasteiger partial charge in [0.1, 0.15) is 17.4 Å². The van der Waals surface area contributed by atoms with Crippen LogP contribution in [-0.2, 0) is 28.4 Å². The Bertz CT molecular complexity index is 1650. The van der Waals surface area contributed by atoms with Crippen molar-refractivity contribution < 1.29 is 34.6 Å². The summed E-state index contributed by atoms with van der Waals surface area (Å²) in [7, 11) is -7.22. The minimum Gasteiger partial charge on any atom is -0.376 e. The lowest BCUT2D eigenvalue weighted by atomic mass is 9.76. The fraction of sp³-hybridized carbons (Fsp3) is 0.200. The zero-order valence-corrected chi connectivity index (χ0v) is 22.6. The number of alkyl halides is 3. The number of hydrogen-bond acceptors (Lipinski definition) is 3. The summed E-state index contributed by atoms with van der Waals surface area (Å²) >= 11 is 0. The van der Waals surface area contributed by atoms with Crippen molar-refractivity contribution >= 4 is 34.0 Å². The molecule has 0 saturated heterocycles. The van der Waals surface area contributed by atoms with Crippen LogP contribution in [0.2, 0.25) is 0 Å². The van der Waals surface area contributed by atoms with Gasteiger partial charge < -0.3 is 4.18 Å². The first kappa shape index (κ1) is 26.9. The Kier molecular flexibility index (Phi) is 6.50. The highest BCUT2D eigenvalue weighted by Gasteiger charge is 2.52. The van der Waals surface area contributed by atoms with Gasteiger partial charge in [0, 0.05) is 11.0 Å². The third kappa shape index (κ3) is 4.40. The molecule has 0 amide bonds. The molecular weight excluding hydrogens is 566 g/mol. The van der Waals surface area contributed by atoms with E-state index in [4.69, 9.17) is 4.18 Å². The first-order valence-corrected chi connectivity index (χ1v) is 15.3. The standard InChI is InChI=1S/C30H22F5O3PS/c31-21-7-11-23(12-8-21)39(24-13-9-22(32)10-14-24)26-6-2-4-20-16-18-29(28(20)26)17-15-19-3-1-5-25(27(19)29)38-40(36,37)30(33,34)35/h1-14H,15-18H2/t29-/m1/s1. The molecule has 206 valence electrons. The Labute approximate surface area is 229 Å². The molecule has 0 bridgehead atoms. The number of hydrogen-bond donors (Lipinski definition) is 0. The van der Waals surface area contributed by atoms with Crippen molar-refractivity contribution in [2.75, 3.05) is 0 Å². The molecule has 10 heteroatoms. The van der Waals surface area contributed by atoms with E-state index in [0.29, 0.717) is 31.2 Å². The molecule has 1 atom stereocenters. The molecule has 0 radical (unpaired) electrons. The van der Waals surface area contributed by atoms with Crippen LogP contribution in [0.25, 0.3) is 0 Å². The molecule has 2 aliphatic rings. The van der Waals surface area contributed by atoms with Crippen LogP contribution < -0.4 is 20.1 Å². The van der Waals surface area contributed by atoms with Gasteiger partial charge >= 0.3 is 15.6 Å². The predicted molar refractivity (Wildman–Crippen MR) is 145 cm³/mol. The predicted octanol–water partition coefficient (Wildman–Crippen LogP) is 6.13. The number of benzene rings is 4. The Morgan fingerprint density at radius 1 is 0.700 bits per heavy atom. The first-order chi connectivity index (χ1) is 19.0. The van der Waals surface area contributed by atoms with E-state index in [1.807, 2.05) is 18.2 Å². The van der Waals surface area contributed by atoms with Gasteiger partial charge in [0.05, 0.1) is 0 Å². The van der Waals surface area contributed by atoms with E-state index in [0.717, 1.165) is 32.6 Å². The summed E-state index contributed by atoms with van der Waals surface area (Å²) in [6, 6.07) is 22.7. The maximum atomic E-state index is 13.9. The second-order valence-corrected chi connectivity index (χ2v) is 13.7. The summed E-state index contributed by atoms with van der Waals surface area (Å²) in [5.74, 6) is -1.11. The van der Waals surface area contributed by atoms with Crippen molar-refractivity contribution in [3.63, 3.8) is 0 Å². The minimum atomic E-state index is -5.88. The number of fused-ring (bicyclic) bond motifs is 4. The number of rotatable bonds is 5. The average molecular weight is 589 g/mol. The third-order valence-electron chi connectivity index (χ3n) is 7.73. The van der Waals surface area contributed by atoms with Crippen LogP contribution in [0.5, 0.6) is 5.75 Å². The molecule has 4 aromatic carbocycles. The summed E-state index contributed by atoms with van der Waals surface area (Å²) in [6.45, 7) is 0. The van der Waals surface area contributed by atoms with Crippen molar-refractivity contribution in [3.05, 3.63) is 119 Å². The van der Waals surface area contributed by atoms with Gasteiger partial charge in [-0.15, -0.1) is 0 Å². The van der Waals surface area contributed by atoms with Crippen LogP contribution in [0.4, 0.5) is 22.0 Å². The van der Waals surface area contributed by atoms with Gasteiger partial charge in [-0.1, -0.05) is 54.6 Å². The molecule has 0 aromatic heterocycles. The molecule has 6 rings (SSSR count). The van der Waals surface area contributed by atoms with E-state index >= 15 is 0 Å². The second-order valence-electron chi connectivity index (χ2n) is 9.96. The molecule has 40 heavy (non-hydrogen) atoms. The highest BCUT2D eigenvalue weighted by molar-refractivity contribution is 7.88. The van der Waals surface area contributed by atoms with Crippen LogP contribution in [0.15, 0.2) is 84.9 Å². The summed E-state index contributed by atoms with van der Waals surface area (Å²) in [4.78, 5) is 0. The van der Waals surface area contributed by atoms with Crippen molar-refractivity contribution in [2.24, 2.45) is 0 Å². The fourth-order valence-corrected chi connectivity index (χ4v) is 9.19. The number of halogens is 5. The van der Waals surface area contributed by atoms with Gasteiger partial charge in [0.25, 0.3) is 0 Å². The lowest BCUT2D eigenvalue weighted by Crippen LogP contribution is -2.33. The van der Waals surface area contributed by atoms with Gasteiger partial charge in [-0.2, -0.15) is 21.6 Å². The lowest BCUT2D eigenvalue weighted by molar-refractivity contribution is -0.0500. The third-order valence-corrected chi connectivity index (χ3v) is 11.2. The van der Waals surface area contributed by atoms with Gasteiger partial charge in [0.15, 0.2) is 0 Å². The highest BCUT2D eigenvalue weighted by Crippen LogP contribution is 2.56. The van der Waals surface area contributed by atoms with E-state index in [-0.39, 0.29) is 5.75 Å². The van der Waals surface area contributed by atoms with Crippen LogP contribution in [-0.4, -0.2) is 13.9 Å². The van der Waals surface area contributed by atoms with Crippen molar-refractivity contribution in [1.82, 2.24) is 0 Å². The summed E-state index contributed by atoms with van der Waals surface area (Å²) in [5.41, 5.74) is -3.21. The summed E-state index contributed by atoms with van der Waals surface area (Å²) in [5, 5.41) is 2.55. The smallest absolute Gasteiger partial charge is 0.376 e. The monoisotopic (exact) mass is 588 g/mol. The minimum absolute atomic E-state index is 0.317. The fourth-order valence-electron chi connectivity index (χ4n) is 6.15. The van der Waals surface area contributed by atoms with Gasteiger partial charge in [-0.3, -0.25) is 0 Å². The summed E-state index contributed by atoms with van der Waals surface area (Å²) in [6.07, 6.45) is 2.31. The molecule has 0 fully saturated rings. The van der Waals surface area contributed by atoms with E-state index in [9.17, 15) is 30.4 Å². The molecule has 0 unspecified atom stereocenters. The summed E-state index contributed by atoms with van der Waals surface area (Å²) < 4.78 is 96.7. The van der Waals surface area contributed by atoms with Crippen LogP contribution in [0.1, 0.15) is 35.1 Å². The van der Waals surface area contributed by atoms with E-state index in [1.165, 1.54) is 36.4 Å². The van der Waals surface area contributed by atoms with Crippen molar-refractivity contribution in [1.29, 1.82) is 0 Å². The largest absolute Gasteiger partial charge is 0.534 e. The average Bonchev–Trinajstić information content (AvgIpc) is 3.48. The Morgan fingerprint density at radius 2 is 1.20 bits per heavy atom. The molecule has 1 spiro atoms. The molecular formula is C30H22F5O3PS. The molecule has 3 nitrogen and oxygen atoms in total. The van der Waals surface area contributed by atoms with Gasteiger partial charge in [-0.05, 0) is 96.5 Å². The Hall–Kier alpha value is -3.29. The molecule has 0 saturated carbocycles. The first-order valence-electron chi connectivity index (χ1n) is 12.6. The molecule has 0 aliphatic heterocycles. The SMILES string of the molecule is O=S(=O)(Oc1cccc2c1[C@@]1(CC2)CCc2cccc(P(c3ccc(F)cc3)c3ccc(F)cc3)c21)C(F)(F)F. The van der Waals surface area contributed by atoms with Crippen LogP contribution in [0.3, 0.4) is 0 Å². The van der Waals surface area contributed by atoms with E-state index < -0.39 is 40.6 Å². The highest BCUT2D eigenvalue weighted by atomic mass is 32.2. The maximum absolute atomic E-state index is 13.9. The van der Waals surface area contributed by atoms with E-state index in [2.05, 4.69) is 0 Å². The molecule has 0 N–H and O–H groups in total. The second kappa shape index (κ2) is 9.67. The number of aryl methyl sites for hydroxylation is 2. The zero-order valence-electron chi connectivity index (χ0n) is 20.9. The van der Waals surface area contributed by atoms with Crippen molar-refractivity contribution in [2.45, 2.75) is 36.6 Å². The molecule has 2 aliphatic carbocycles. The molecule has 0 heterocycles. The molecule has 4 aromatic rings. The quantitative estimate of drug-likeness (QED) is 0.122. The van der Waals surface area contributed by atoms with Crippen molar-refractivity contribution in [3.8, 4) is 5.75 Å². The van der Waals surface area contributed by atoms with Crippen LogP contribution >= 0.6 is 7.92 Å². The Morgan fingerprint density at radius 3 is 1.73 bits per heavy atom. The van der Waals surface area contributed by atoms with Gasteiger partial charge in [0.2, 0.25) is 0 Å². The topological polar surface area (TPSA) is 43.4 Å². The maximum Gasteiger partial charge on any atom is 0.534 e. The zero-order chi connectivity index (χ0) is 28.3.